The molecule has 1 aliphatic carbocycles. The fourth-order valence-corrected chi connectivity index (χ4v) is 2.10. The molecule has 1 rings (SSSR count). The van der Waals surface area contributed by atoms with Gasteiger partial charge in [-0.25, -0.2) is 4.79 Å². The number of nitrogens with one attached hydrogen (secondary N) is 1. The van der Waals surface area contributed by atoms with E-state index in [1.54, 1.807) is 0 Å². The number of hydrogen-bond acceptors (Lipinski definition) is 2. The summed E-state index contributed by atoms with van der Waals surface area (Å²) in [6.45, 7) is 9.26. The normalized spacial score (nSPS) is 30.7. The van der Waals surface area contributed by atoms with E-state index in [0.717, 1.165) is 6.42 Å². The number of amides is 1. The summed E-state index contributed by atoms with van der Waals surface area (Å²) in [5.74, 6) is 0.371. The van der Waals surface area contributed by atoms with Gasteiger partial charge in [-0.1, -0.05) is 28.7 Å². The molecular formula is C10H16INO2. The monoisotopic (exact) mass is 309 g/mol. The van der Waals surface area contributed by atoms with Crippen molar-refractivity contribution < 1.29 is 9.53 Å². The summed E-state index contributed by atoms with van der Waals surface area (Å²) in [5.41, 5.74) is -0.435. The molecule has 0 aromatic rings. The van der Waals surface area contributed by atoms with Crippen molar-refractivity contribution >= 4 is 28.7 Å². The Morgan fingerprint density at radius 2 is 2.29 bits per heavy atom. The summed E-state index contributed by atoms with van der Waals surface area (Å²) in [5, 5.41) is 2.84. The van der Waals surface area contributed by atoms with Gasteiger partial charge in [0.2, 0.25) is 0 Å². The Hall–Kier alpha value is -0.260. The first-order chi connectivity index (χ1) is 6.27. The molecule has 1 N–H and O–H groups in total. The van der Waals surface area contributed by atoms with E-state index in [-0.39, 0.29) is 9.64 Å². The molecule has 0 unspecified atom stereocenters. The van der Waals surface area contributed by atoms with Gasteiger partial charge in [0.15, 0.2) is 0 Å². The lowest BCUT2D eigenvalue weighted by Crippen LogP contribution is -2.38. The van der Waals surface area contributed by atoms with E-state index in [4.69, 9.17) is 4.74 Å². The molecule has 0 heterocycles. The first-order valence-electron chi connectivity index (χ1n) is 4.59. The van der Waals surface area contributed by atoms with Crippen LogP contribution in [0.15, 0.2) is 12.7 Å². The maximum Gasteiger partial charge on any atom is 0.408 e. The van der Waals surface area contributed by atoms with Crippen molar-refractivity contribution in [1.82, 2.24) is 5.32 Å². The molecule has 14 heavy (non-hydrogen) atoms. The van der Waals surface area contributed by atoms with Crippen molar-refractivity contribution in [3.8, 4) is 0 Å². The molecule has 1 fully saturated rings. The minimum absolute atomic E-state index is 0.165. The highest BCUT2D eigenvalue weighted by atomic mass is 127. The van der Waals surface area contributed by atoms with Crippen LogP contribution in [0.5, 0.6) is 0 Å². The fraction of sp³-hybridized carbons (Fsp3) is 0.700. The van der Waals surface area contributed by atoms with Crippen LogP contribution in [0, 0.1) is 5.92 Å². The van der Waals surface area contributed by atoms with Gasteiger partial charge < -0.3 is 10.1 Å². The van der Waals surface area contributed by atoms with E-state index >= 15 is 0 Å². The van der Waals surface area contributed by atoms with Crippen molar-refractivity contribution in [2.75, 3.05) is 0 Å². The van der Waals surface area contributed by atoms with Gasteiger partial charge in [0.1, 0.15) is 9.15 Å². The third kappa shape index (κ3) is 3.15. The van der Waals surface area contributed by atoms with Crippen LogP contribution in [-0.2, 0) is 4.74 Å². The minimum Gasteiger partial charge on any atom is -0.444 e. The van der Waals surface area contributed by atoms with Crippen molar-refractivity contribution in [1.29, 1.82) is 0 Å². The molecule has 4 heteroatoms. The average Bonchev–Trinajstić information content (AvgIpc) is 2.56. The Morgan fingerprint density at radius 3 is 2.64 bits per heavy atom. The smallest absolute Gasteiger partial charge is 0.408 e. The van der Waals surface area contributed by atoms with Crippen LogP contribution in [0.3, 0.4) is 0 Å². The highest BCUT2D eigenvalue weighted by molar-refractivity contribution is 14.1. The zero-order valence-electron chi connectivity index (χ0n) is 8.76. The Balaban J connectivity index is 2.39. The molecule has 0 bridgehead atoms. The van der Waals surface area contributed by atoms with Crippen LogP contribution >= 0.6 is 22.6 Å². The SMILES string of the molecule is C=C[C@H]1C[C@@]1(I)NC(=O)OC(C)(C)C. The van der Waals surface area contributed by atoms with Gasteiger partial charge in [0.25, 0.3) is 0 Å². The molecule has 0 aromatic heterocycles. The highest BCUT2D eigenvalue weighted by Gasteiger charge is 2.52. The second-order valence-electron chi connectivity index (χ2n) is 4.54. The molecule has 2 atom stereocenters. The first kappa shape index (κ1) is 11.8. The summed E-state index contributed by atoms with van der Waals surface area (Å²) in [6.07, 6.45) is 2.45. The lowest BCUT2D eigenvalue weighted by molar-refractivity contribution is 0.0519. The van der Waals surface area contributed by atoms with Crippen LogP contribution in [0.4, 0.5) is 4.79 Å². The predicted octanol–water partition coefficient (Wildman–Crippen LogP) is 2.85. The molecule has 0 saturated heterocycles. The summed E-state index contributed by atoms with van der Waals surface area (Å²) in [4.78, 5) is 11.4. The van der Waals surface area contributed by atoms with Crippen LogP contribution < -0.4 is 5.32 Å². The number of hydrogen-bond donors (Lipinski definition) is 1. The summed E-state index contributed by atoms with van der Waals surface area (Å²) >= 11 is 2.23. The molecule has 1 aliphatic rings. The summed E-state index contributed by atoms with van der Waals surface area (Å²) in [7, 11) is 0. The molecule has 0 radical (unpaired) electrons. The maximum absolute atomic E-state index is 11.4. The third-order valence-corrected chi connectivity index (χ3v) is 3.45. The van der Waals surface area contributed by atoms with E-state index in [2.05, 4.69) is 34.5 Å². The Labute approximate surface area is 98.4 Å². The number of alkyl carbamates (subject to hydrolysis) is 1. The largest absolute Gasteiger partial charge is 0.444 e. The second kappa shape index (κ2) is 3.72. The first-order valence-corrected chi connectivity index (χ1v) is 5.67. The molecule has 0 spiro atoms. The molecule has 0 aliphatic heterocycles. The van der Waals surface area contributed by atoms with Crippen LogP contribution in [-0.4, -0.2) is 15.2 Å². The molecule has 80 valence electrons. The second-order valence-corrected chi connectivity index (χ2v) is 6.46. The topological polar surface area (TPSA) is 38.3 Å². The van der Waals surface area contributed by atoms with Gasteiger partial charge in [-0.15, -0.1) is 6.58 Å². The lowest BCUT2D eigenvalue weighted by Gasteiger charge is -2.21. The van der Waals surface area contributed by atoms with Crippen molar-refractivity contribution in [3.05, 3.63) is 12.7 Å². The number of rotatable bonds is 2. The maximum atomic E-state index is 11.4. The zero-order valence-corrected chi connectivity index (χ0v) is 10.9. The van der Waals surface area contributed by atoms with Gasteiger partial charge in [-0.3, -0.25) is 0 Å². The van der Waals surface area contributed by atoms with Gasteiger partial charge in [0.05, 0.1) is 0 Å². The molecule has 0 aromatic carbocycles. The van der Waals surface area contributed by atoms with Gasteiger partial charge in [-0.05, 0) is 27.2 Å². The molecule has 1 amide bonds. The van der Waals surface area contributed by atoms with Crippen molar-refractivity contribution in [3.63, 3.8) is 0 Å². The molecule has 1 saturated carbocycles. The van der Waals surface area contributed by atoms with Crippen molar-refractivity contribution in [2.24, 2.45) is 5.92 Å². The quantitative estimate of drug-likeness (QED) is 0.369. The van der Waals surface area contributed by atoms with E-state index in [0.29, 0.717) is 5.92 Å². The van der Waals surface area contributed by atoms with Crippen molar-refractivity contribution in [2.45, 2.75) is 36.3 Å². The Kier molecular flexibility index (Phi) is 3.13. The minimum atomic E-state index is -0.435. The number of ether oxygens (including phenoxy) is 1. The van der Waals surface area contributed by atoms with E-state index in [1.807, 2.05) is 26.8 Å². The summed E-state index contributed by atoms with van der Waals surface area (Å²) < 4.78 is 4.99. The van der Waals surface area contributed by atoms with Gasteiger partial charge in [0, 0.05) is 5.92 Å². The number of alkyl halides is 1. The van der Waals surface area contributed by atoms with Crippen LogP contribution in [0.25, 0.3) is 0 Å². The average molecular weight is 309 g/mol. The van der Waals surface area contributed by atoms with E-state index in [9.17, 15) is 4.79 Å². The molecule has 3 nitrogen and oxygen atoms in total. The summed E-state index contributed by atoms with van der Waals surface area (Å²) in [6, 6.07) is 0. The predicted molar refractivity (Wildman–Crippen MR) is 64.4 cm³/mol. The van der Waals surface area contributed by atoms with E-state index in [1.165, 1.54) is 0 Å². The zero-order chi connectivity index (χ0) is 11.0. The van der Waals surface area contributed by atoms with Crippen LogP contribution in [0.1, 0.15) is 27.2 Å². The third-order valence-electron chi connectivity index (χ3n) is 1.94. The van der Waals surface area contributed by atoms with Crippen LogP contribution in [0.2, 0.25) is 0 Å². The number of carbonyl (C=O) groups excluding carboxylic acids is 1. The fourth-order valence-electron chi connectivity index (χ4n) is 1.15. The standard InChI is InChI=1S/C10H16INO2/c1-5-7-6-10(7,11)12-8(13)14-9(2,3)4/h5,7H,1,6H2,2-4H3,(H,12,13)/t7-,10+/m0/s1. The lowest BCUT2D eigenvalue weighted by atomic mass is 10.2. The Morgan fingerprint density at radius 1 is 1.71 bits per heavy atom. The Bertz CT molecular complexity index is 259. The van der Waals surface area contributed by atoms with Gasteiger partial charge in [-0.2, -0.15) is 0 Å². The number of carbonyl (C=O) groups is 1. The number of halogens is 1. The molecular weight excluding hydrogens is 293 g/mol. The van der Waals surface area contributed by atoms with Gasteiger partial charge >= 0.3 is 6.09 Å². The highest BCUT2D eigenvalue weighted by Crippen LogP contribution is 2.49. The van der Waals surface area contributed by atoms with E-state index < -0.39 is 5.60 Å².